The lowest BCUT2D eigenvalue weighted by Gasteiger charge is -2.12. The van der Waals surface area contributed by atoms with Crippen molar-refractivity contribution in [3.05, 3.63) is 46.5 Å². The lowest BCUT2D eigenvalue weighted by Crippen LogP contribution is -2.19. The van der Waals surface area contributed by atoms with E-state index in [0.29, 0.717) is 5.92 Å². The molecule has 0 saturated heterocycles. The Morgan fingerprint density at radius 3 is 2.80 bits per heavy atom. The minimum atomic E-state index is 0.677. The first kappa shape index (κ1) is 15.3. The molecule has 0 aliphatic heterocycles. The minimum absolute atomic E-state index is 0.677. The maximum absolute atomic E-state index is 4.37. The Labute approximate surface area is 129 Å². The average molecular weight is 336 g/mol. The Morgan fingerprint density at radius 2 is 2.15 bits per heavy atom. The van der Waals surface area contributed by atoms with E-state index < -0.39 is 0 Å². The third-order valence-electron chi connectivity index (χ3n) is 3.19. The van der Waals surface area contributed by atoms with E-state index in [4.69, 9.17) is 0 Å². The molecular formula is C16H22BrN3. The molecule has 0 radical (unpaired) electrons. The zero-order valence-corrected chi connectivity index (χ0v) is 13.9. The van der Waals surface area contributed by atoms with Gasteiger partial charge in [0, 0.05) is 29.8 Å². The van der Waals surface area contributed by atoms with Gasteiger partial charge in [-0.25, -0.2) is 4.98 Å². The molecule has 4 heteroatoms. The second-order valence-corrected chi connectivity index (χ2v) is 6.23. The summed E-state index contributed by atoms with van der Waals surface area (Å²) < 4.78 is 3.24. The van der Waals surface area contributed by atoms with Crippen molar-refractivity contribution in [3.63, 3.8) is 0 Å². The summed E-state index contributed by atoms with van der Waals surface area (Å²) in [7, 11) is 0. The topological polar surface area (TPSA) is 29.9 Å². The highest BCUT2D eigenvalue weighted by atomic mass is 79.9. The molecule has 1 aromatic carbocycles. The van der Waals surface area contributed by atoms with Crippen molar-refractivity contribution in [1.82, 2.24) is 14.9 Å². The molecule has 0 spiro atoms. The van der Waals surface area contributed by atoms with Crippen LogP contribution in [0.3, 0.4) is 0 Å². The van der Waals surface area contributed by atoms with E-state index in [-0.39, 0.29) is 0 Å². The monoisotopic (exact) mass is 335 g/mol. The van der Waals surface area contributed by atoms with Crippen molar-refractivity contribution in [1.29, 1.82) is 0 Å². The van der Waals surface area contributed by atoms with Crippen molar-refractivity contribution < 1.29 is 0 Å². The summed E-state index contributed by atoms with van der Waals surface area (Å²) in [5.74, 6) is 1.76. The molecule has 1 heterocycles. The van der Waals surface area contributed by atoms with Crippen LogP contribution in [-0.2, 0) is 13.0 Å². The quantitative estimate of drug-likeness (QED) is 0.866. The van der Waals surface area contributed by atoms with Crippen molar-refractivity contribution in [2.75, 3.05) is 6.54 Å². The maximum atomic E-state index is 4.37. The number of hydrogen-bond acceptors (Lipinski definition) is 2. The first-order valence-corrected chi connectivity index (χ1v) is 7.92. The molecule has 2 aromatic rings. The predicted octanol–water partition coefficient (Wildman–Crippen LogP) is 3.94. The summed E-state index contributed by atoms with van der Waals surface area (Å²) in [5, 5.41) is 3.47. The van der Waals surface area contributed by atoms with E-state index >= 15 is 0 Å². The highest BCUT2D eigenvalue weighted by molar-refractivity contribution is 9.10. The number of nitrogens with zero attached hydrogens (tertiary/aromatic N) is 2. The number of aryl methyl sites for hydroxylation is 1. The zero-order valence-electron chi connectivity index (χ0n) is 12.4. The smallest absolute Gasteiger partial charge is 0.112 e. The van der Waals surface area contributed by atoms with Crippen LogP contribution in [0, 0.1) is 5.92 Å². The minimum Gasteiger partial charge on any atom is -0.312 e. The summed E-state index contributed by atoms with van der Waals surface area (Å²) in [6.45, 7) is 8.51. The van der Waals surface area contributed by atoms with Gasteiger partial charge in [-0.05, 0) is 46.1 Å². The number of halogens is 1. The van der Waals surface area contributed by atoms with Crippen LogP contribution in [-0.4, -0.2) is 16.1 Å². The number of rotatable bonds is 6. The van der Waals surface area contributed by atoms with Gasteiger partial charge in [0.25, 0.3) is 0 Å². The summed E-state index contributed by atoms with van der Waals surface area (Å²) in [6.07, 6.45) is 4.79. The van der Waals surface area contributed by atoms with Crippen LogP contribution in [0.5, 0.6) is 0 Å². The van der Waals surface area contributed by atoms with Gasteiger partial charge in [-0.3, -0.25) is 0 Å². The van der Waals surface area contributed by atoms with Gasteiger partial charge in [0.15, 0.2) is 0 Å². The van der Waals surface area contributed by atoms with Crippen LogP contribution in [0.4, 0.5) is 0 Å². The molecular weight excluding hydrogens is 314 g/mol. The van der Waals surface area contributed by atoms with Gasteiger partial charge in [-0.15, -0.1) is 0 Å². The van der Waals surface area contributed by atoms with E-state index in [1.807, 2.05) is 12.4 Å². The second-order valence-electron chi connectivity index (χ2n) is 5.38. The molecule has 0 bridgehead atoms. The Hall–Kier alpha value is -1.13. The Balaban J connectivity index is 2.14. The van der Waals surface area contributed by atoms with Gasteiger partial charge in [0.2, 0.25) is 0 Å². The first-order chi connectivity index (χ1) is 9.61. The van der Waals surface area contributed by atoms with Gasteiger partial charge < -0.3 is 9.88 Å². The molecule has 2 rings (SSSR count). The largest absolute Gasteiger partial charge is 0.312 e. The van der Waals surface area contributed by atoms with E-state index in [0.717, 1.165) is 35.5 Å². The number of benzene rings is 1. The molecule has 1 N–H and O–H groups in total. The number of aromatic nitrogens is 2. The molecule has 0 aliphatic rings. The van der Waals surface area contributed by atoms with E-state index in [9.17, 15) is 0 Å². The number of imidazole rings is 1. The molecule has 108 valence electrons. The number of nitrogens with one attached hydrogen (secondary N) is 1. The van der Waals surface area contributed by atoms with E-state index in [2.05, 4.69) is 69.8 Å². The Morgan fingerprint density at radius 1 is 1.35 bits per heavy atom. The molecule has 0 amide bonds. The molecule has 1 aromatic heterocycles. The molecule has 20 heavy (non-hydrogen) atoms. The first-order valence-electron chi connectivity index (χ1n) is 7.13. The van der Waals surface area contributed by atoms with Gasteiger partial charge >= 0.3 is 0 Å². The van der Waals surface area contributed by atoms with E-state index in [1.54, 1.807) is 0 Å². The zero-order chi connectivity index (χ0) is 14.5. The standard InChI is InChI=1S/C16H22BrN3/c1-4-16-19-7-8-20(16)15-6-5-13(9-14(15)17)11-18-10-12(2)3/h5-9,12,18H,4,10-11H2,1-3H3. The molecule has 0 fully saturated rings. The van der Waals surface area contributed by atoms with Crippen molar-refractivity contribution in [2.24, 2.45) is 5.92 Å². The fraction of sp³-hybridized carbons (Fsp3) is 0.438. The lowest BCUT2D eigenvalue weighted by molar-refractivity contribution is 0.552. The van der Waals surface area contributed by atoms with Gasteiger partial charge in [-0.1, -0.05) is 26.8 Å². The van der Waals surface area contributed by atoms with Crippen molar-refractivity contribution >= 4 is 15.9 Å². The molecule has 3 nitrogen and oxygen atoms in total. The second kappa shape index (κ2) is 7.04. The summed E-state index contributed by atoms with van der Waals surface area (Å²) in [5.41, 5.74) is 2.44. The maximum Gasteiger partial charge on any atom is 0.112 e. The lowest BCUT2D eigenvalue weighted by atomic mass is 10.2. The summed E-state index contributed by atoms with van der Waals surface area (Å²) in [4.78, 5) is 4.37. The number of hydrogen-bond donors (Lipinski definition) is 1. The van der Waals surface area contributed by atoms with Crippen LogP contribution in [0.15, 0.2) is 35.1 Å². The molecule has 0 atom stereocenters. The normalized spacial score (nSPS) is 11.2. The molecule has 0 aliphatic carbocycles. The summed E-state index contributed by atoms with van der Waals surface area (Å²) >= 11 is 3.68. The Kier molecular flexibility index (Phi) is 5.38. The fourth-order valence-electron chi connectivity index (χ4n) is 2.18. The van der Waals surface area contributed by atoms with Crippen LogP contribution < -0.4 is 5.32 Å². The van der Waals surface area contributed by atoms with Crippen molar-refractivity contribution in [2.45, 2.75) is 33.7 Å². The molecule has 0 saturated carbocycles. The third kappa shape index (κ3) is 3.70. The summed E-state index contributed by atoms with van der Waals surface area (Å²) in [6, 6.07) is 6.51. The SMILES string of the molecule is CCc1nccn1-c1ccc(CNCC(C)C)cc1Br. The third-order valence-corrected chi connectivity index (χ3v) is 3.82. The average Bonchev–Trinajstić information content (AvgIpc) is 2.86. The highest BCUT2D eigenvalue weighted by Crippen LogP contribution is 2.23. The predicted molar refractivity (Wildman–Crippen MR) is 87.2 cm³/mol. The van der Waals surface area contributed by atoms with Gasteiger partial charge in [0.1, 0.15) is 5.82 Å². The van der Waals surface area contributed by atoms with Crippen LogP contribution >= 0.6 is 15.9 Å². The van der Waals surface area contributed by atoms with E-state index in [1.165, 1.54) is 5.56 Å². The fourth-order valence-corrected chi connectivity index (χ4v) is 2.79. The van der Waals surface area contributed by atoms with Crippen LogP contribution in [0.2, 0.25) is 0 Å². The van der Waals surface area contributed by atoms with Gasteiger partial charge in [0.05, 0.1) is 5.69 Å². The van der Waals surface area contributed by atoms with Gasteiger partial charge in [-0.2, -0.15) is 0 Å². The van der Waals surface area contributed by atoms with Crippen LogP contribution in [0.1, 0.15) is 32.2 Å². The van der Waals surface area contributed by atoms with Crippen molar-refractivity contribution in [3.8, 4) is 5.69 Å². The highest BCUT2D eigenvalue weighted by Gasteiger charge is 2.07. The Bertz CT molecular complexity index is 561. The van der Waals surface area contributed by atoms with Crippen LogP contribution in [0.25, 0.3) is 5.69 Å². The molecule has 0 unspecified atom stereocenters.